The second-order valence-corrected chi connectivity index (χ2v) is 7.11. The highest BCUT2D eigenvalue weighted by Crippen LogP contribution is 2.27. The maximum atomic E-state index is 5.89. The fourth-order valence-corrected chi connectivity index (χ4v) is 3.45. The minimum Gasteiger partial charge on any atom is -0.415 e. The van der Waals surface area contributed by atoms with Gasteiger partial charge >= 0.3 is 0 Å². The molecule has 4 heterocycles. The first-order valence-corrected chi connectivity index (χ1v) is 9.93. The molecule has 0 atom stereocenters. The van der Waals surface area contributed by atoms with E-state index in [-0.39, 0.29) is 2.85 Å². The van der Waals surface area contributed by atoms with Crippen LogP contribution in [0.3, 0.4) is 0 Å². The molecule has 0 aliphatic carbocycles. The molecule has 5 rings (SSSR count). The lowest BCUT2D eigenvalue weighted by atomic mass is 10.1. The second kappa shape index (κ2) is 8.00. The number of aryl methyl sites for hydroxylation is 1. The van der Waals surface area contributed by atoms with Gasteiger partial charge in [0.25, 0.3) is 5.89 Å². The number of pyridine rings is 1. The summed E-state index contributed by atoms with van der Waals surface area (Å²) >= 11 is 0. The Bertz CT molecular complexity index is 1160. The molecule has 0 bridgehead atoms. The van der Waals surface area contributed by atoms with E-state index >= 15 is 0 Å². The van der Waals surface area contributed by atoms with Crippen LogP contribution >= 0.6 is 0 Å². The van der Waals surface area contributed by atoms with Crippen molar-refractivity contribution in [3.63, 3.8) is 0 Å². The van der Waals surface area contributed by atoms with Crippen LogP contribution in [-0.2, 0) is 0 Å². The molecule has 3 aromatic heterocycles. The van der Waals surface area contributed by atoms with Crippen LogP contribution in [0.1, 0.15) is 8.55 Å². The van der Waals surface area contributed by atoms with Gasteiger partial charge in [0, 0.05) is 46.4 Å². The number of piperazine rings is 1. The van der Waals surface area contributed by atoms with Gasteiger partial charge in [0.15, 0.2) is 0 Å². The van der Waals surface area contributed by atoms with Crippen LogP contribution in [0.5, 0.6) is 0 Å². The summed E-state index contributed by atoms with van der Waals surface area (Å²) in [5.74, 6) is 1.77. The molecule has 30 heavy (non-hydrogen) atoms. The van der Waals surface area contributed by atoms with Gasteiger partial charge in [-0.2, -0.15) is 0 Å². The molecule has 1 aromatic carbocycles. The number of benzene rings is 1. The maximum Gasteiger partial charge on any atom is 0.268 e. The van der Waals surface area contributed by atoms with E-state index in [2.05, 4.69) is 36.4 Å². The van der Waals surface area contributed by atoms with Crippen molar-refractivity contribution in [2.75, 3.05) is 31.1 Å². The highest BCUT2D eigenvalue weighted by Gasteiger charge is 2.17. The van der Waals surface area contributed by atoms with E-state index in [9.17, 15) is 0 Å². The number of nitrogens with one attached hydrogen (secondary N) is 1. The van der Waals surface area contributed by atoms with Crippen molar-refractivity contribution in [1.82, 2.24) is 30.5 Å². The van der Waals surface area contributed by atoms with Crippen molar-refractivity contribution < 1.29 is 7.27 Å². The maximum absolute atomic E-state index is 5.89. The Kier molecular flexibility index (Phi) is 4.90. The van der Waals surface area contributed by atoms with Crippen molar-refractivity contribution in [3.05, 3.63) is 60.6 Å². The number of hydrogen-bond donors (Lipinski definition) is 1. The van der Waals surface area contributed by atoms with Gasteiger partial charge in [0.2, 0.25) is 5.89 Å². The first-order valence-electron chi connectivity index (χ1n) is 9.93. The summed E-state index contributed by atoms with van der Waals surface area (Å²) in [6, 6.07) is 13.7. The summed E-state index contributed by atoms with van der Waals surface area (Å²) in [7, 11) is 0. The molecule has 8 nitrogen and oxygen atoms in total. The Morgan fingerprint density at radius 3 is 2.60 bits per heavy atom. The molecule has 0 spiro atoms. The largest absolute Gasteiger partial charge is 0.415 e. The van der Waals surface area contributed by atoms with E-state index in [0.29, 0.717) is 17.5 Å². The van der Waals surface area contributed by atoms with Crippen LogP contribution in [0.25, 0.3) is 34.3 Å². The number of nitrogens with zero attached hydrogens (tertiary/aromatic N) is 6. The van der Waals surface area contributed by atoms with Crippen LogP contribution in [0.2, 0.25) is 0 Å². The van der Waals surface area contributed by atoms with Gasteiger partial charge in [0.05, 0.1) is 17.6 Å². The minimum atomic E-state index is 0. The highest BCUT2D eigenvalue weighted by molar-refractivity contribution is 5.66. The molecule has 0 amide bonds. The fourth-order valence-electron chi connectivity index (χ4n) is 3.45. The van der Waals surface area contributed by atoms with Gasteiger partial charge < -0.3 is 14.6 Å². The van der Waals surface area contributed by atoms with Gasteiger partial charge in [-0.05, 0) is 31.2 Å². The summed E-state index contributed by atoms with van der Waals surface area (Å²) in [4.78, 5) is 16.1. The van der Waals surface area contributed by atoms with Gasteiger partial charge in [-0.1, -0.05) is 18.2 Å². The first-order chi connectivity index (χ1) is 14.8. The summed E-state index contributed by atoms with van der Waals surface area (Å²) in [6.45, 7) is 5.68. The number of rotatable bonds is 4. The van der Waals surface area contributed by atoms with E-state index in [1.54, 1.807) is 6.20 Å². The quantitative estimate of drug-likeness (QED) is 0.554. The molecule has 1 N–H and O–H groups in total. The zero-order chi connectivity index (χ0) is 20.3. The van der Waals surface area contributed by atoms with Crippen LogP contribution in [0.15, 0.2) is 59.3 Å². The van der Waals surface area contributed by atoms with Gasteiger partial charge in [-0.3, -0.25) is 4.98 Å². The van der Waals surface area contributed by atoms with Crippen molar-refractivity contribution in [3.8, 4) is 34.3 Å². The molecule has 1 aliphatic rings. The third-order valence-electron chi connectivity index (χ3n) is 5.09. The van der Waals surface area contributed by atoms with Crippen LogP contribution < -0.4 is 10.2 Å². The van der Waals surface area contributed by atoms with E-state index in [1.165, 1.54) is 0 Å². The molecule has 1 aliphatic heterocycles. The Hall–Kier alpha value is -3.65. The van der Waals surface area contributed by atoms with E-state index in [0.717, 1.165) is 54.5 Å². The van der Waals surface area contributed by atoms with Crippen LogP contribution in [-0.4, -0.2) is 51.3 Å². The predicted octanol–water partition coefficient (Wildman–Crippen LogP) is 3.47. The molecule has 0 saturated carbocycles. The monoisotopic (exact) mass is 403 g/mol. The summed E-state index contributed by atoms with van der Waals surface area (Å²) < 4.78 is 5.89. The predicted molar refractivity (Wildman–Crippen MR) is 118 cm³/mol. The molecule has 4 aromatic rings. The van der Waals surface area contributed by atoms with Crippen molar-refractivity contribution in [2.24, 2.45) is 0 Å². The van der Waals surface area contributed by atoms with Crippen molar-refractivity contribution >= 4 is 5.82 Å². The average Bonchev–Trinajstić information content (AvgIpc) is 3.31. The Labute approximate surface area is 177 Å². The van der Waals surface area contributed by atoms with Gasteiger partial charge in [-0.15, -0.1) is 10.2 Å². The standard InChI is InChI=1S/C22H21N7O.2H2/c1-15-20(22-28-27-21(30-22)16-5-3-2-4-6-16)26-18(14-25-15)17-7-8-24-19(13-17)29-11-9-23-10-12-29;;/h2-8,13-14,23H,9-12H2,1H3;2*1H. The van der Waals surface area contributed by atoms with E-state index in [4.69, 9.17) is 9.40 Å². The molecule has 0 unspecified atom stereocenters. The third kappa shape index (κ3) is 3.65. The van der Waals surface area contributed by atoms with Crippen molar-refractivity contribution in [2.45, 2.75) is 6.92 Å². The number of hydrogen-bond acceptors (Lipinski definition) is 8. The van der Waals surface area contributed by atoms with Crippen molar-refractivity contribution in [1.29, 1.82) is 0 Å². The molecule has 154 valence electrons. The van der Waals surface area contributed by atoms with E-state index in [1.807, 2.05) is 49.5 Å². The Balaban J connectivity index is 0.00000144. The molecule has 0 radical (unpaired) electrons. The topological polar surface area (TPSA) is 92.9 Å². The van der Waals surface area contributed by atoms with E-state index < -0.39 is 0 Å². The zero-order valence-electron chi connectivity index (χ0n) is 16.6. The summed E-state index contributed by atoms with van der Waals surface area (Å²) in [5, 5.41) is 11.7. The van der Waals surface area contributed by atoms with Gasteiger partial charge in [0.1, 0.15) is 11.5 Å². The molecule has 1 fully saturated rings. The number of anilines is 1. The Morgan fingerprint density at radius 1 is 0.967 bits per heavy atom. The van der Waals surface area contributed by atoms with Crippen LogP contribution in [0, 0.1) is 6.92 Å². The highest BCUT2D eigenvalue weighted by atomic mass is 16.4. The second-order valence-electron chi connectivity index (χ2n) is 7.11. The SMILES string of the molecule is Cc1ncc(-c2ccnc(N3CCNCC3)c2)nc1-c1nnc(-c2ccccc2)o1.[HH].[HH]. The van der Waals surface area contributed by atoms with Gasteiger partial charge in [-0.25, -0.2) is 9.97 Å². The lowest BCUT2D eigenvalue weighted by Gasteiger charge is -2.28. The normalized spacial score (nSPS) is 14.1. The molecular weight excluding hydrogens is 378 g/mol. The fraction of sp³-hybridized carbons (Fsp3) is 0.227. The zero-order valence-corrected chi connectivity index (χ0v) is 16.6. The third-order valence-corrected chi connectivity index (χ3v) is 5.09. The summed E-state index contributed by atoms with van der Waals surface area (Å²) in [5.41, 5.74) is 3.89. The number of aromatic nitrogens is 5. The van der Waals surface area contributed by atoms with Crippen LogP contribution in [0.4, 0.5) is 5.82 Å². The molecular formula is C22H25N7O. The first kappa shape index (κ1) is 18.4. The Morgan fingerprint density at radius 2 is 1.77 bits per heavy atom. The lowest BCUT2D eigenvalue weighted by molar-refractivity contribution is 0.581. The summed E-state index contributed by atoms with van der Waals surface area (Å²) in [6.07, 6.45) is 3.58. The smallest absolute Gasteiger partial charge is 0.268 e. The molecule has 1 saturated heterocycles. The lowest BCUT2D eigenvalue weighted by Crippen LogP contribution is -2.43. The average molecular weight is 403 g/mol. The minimum absolute atomic E-state index is 0. The molecule has 8 heteroatoms.